The Morgan fingerprint density at radius 2 is 1.31 bits per heavy atom. The molecule has 0 saturated heterocycles. The molecule has 7 nitrogen and oxygen atoms in total. The minimum absolute atomic E-state index is 0.291. The van der Waals surface area contributed by atoms with Crippen molar-refractivity contribution >= 4 is 52.0 Å². The second kappa shape index (κ2) is 6.93. The van der Waals surface area contributed by atoms with Crippen molar-refractivity contribution in [2.75, 3.05) is 0 Å². The van der Waals surface area contributed by atoms with E-state index < -0.39 is 0 Å². The third-order valence-corrected chi connectivity index (χ3v) is 5.62. The minimum Gasteiger partial charge on any atom is -0.334 e. The van der Waals surface area contributed by atoms with Gasteiger partial charge in [-0.3, -0.25) is 9.44 Å². The lowest BCUT2D eigenvalue weighted by Crippen LogP contribution is -2.25. The molecule has 0 spiro atoms. The number of nitrogens with zero attached hydrogens (tertiary/aromatic N) is 4. The molecular weight excluding hydrogens is 368 g/mol. The van der Waals surface area contributed by atoms with Crippen molar-refractivity contribution in [3.63, 3.8) is 0 Å². The van der Waals surface area contributed by atoms with E-state index in [4.69, 9.17) is 0 Å². The van der Waals surface area contributed by atoms with Gasteiger partial charge in [-0.05, 0) is 48.2 Å². The maximum atomic E-state index is 12.2. The van der Waals surface area contributed by atoms with Crippen LogP contribution in [0, 0.1) is 0 Å². The highest BCUT2D eigenvalue weighted by Gasteiger charge is 2.10. The summed E-state index contributed by atoms with van der Waals surface area (Å²) in [7, 11) is 3.89. The predicted molar refractivity (Wildman–Crippen MR) is 105 cm³/mol. The van der Waals surface area contributed by atoms with Gasteiger partial charge < -0.3 is 9.13 Å². The van der Waals surface area contributed by atoms with E-state index in [2.05, 4.69) is 19.4 Å². The number of aryl methyl sites for hydroxylation is 2. The van der Waals surface area contributed by atoms with Crippen molar-refractivity contribution < 1.29 is 4.79 Å². The summed E-state index contributed by atoms with van der Waals surface area (Å²) in [5.41, 5.74) is 3.78. The van der Waals surface area contributed by atoms with E-state index in [0.29, 0.717) is 0 Å². The van der Waals surface area contributed by atoms with Gasteiger partial charge >= 0.3 is 6.03 Å². The van der Waals surface area contributed by atoms with E-state index in [1.807, 2.05) is 59.6 Å². The quantitative estimate of drug-likeness (QED) is 0.527. The largest absolute Gasteiger partial charge is 0.335 e. The molecule has 9 heteroatoms. The Kier molecular flexibility index (Phi) is 4.48. The minimum atomic E-state index is -0.291. The Labute approximate surface area is 158 Å². The van der Waals surface area contributed by atoms with Gasteiger partial charge in [0.2, 0.25) is 0 Å². The third-order valence-electron chi connectivity index (χ3n) is 3.94. The molecule has 4 aromatic rings. The van der Waals surface area contributed by atoms with Gasteiger partial charge in [0.15, 0.2) is 0 Å². The van der Waals surface area contributed by atoms with E-state index >= 15 is 0 Å². The zero-order chi connectivity index (χ0) is 18.1. The molecule has 0 saturated carbocycles. The molecule has 132 valence electrons. The monoisotopic (exact) mass is 384 g/mol. The van der Waals surface area contributed by atoms with Gasteiger partial charge in [-0.25, -0.2) is 14.8 Å². The summed E-state index contributed by atoms with van der Waals surface area (Å²) in [6, 6.07) is 11.5. The van der Waals surface area contributed by atoms with Gasteiger partial charge in [0.1, 0.15) is 11.0 Å². The van der Waals surface area contributed by atoms with Gasteiger partial charge in [-0.15, -0.1) is 0 Å². The summed E-state index contributed by atoms with van der Waals surface area (Å²) in [6.45, 7) is 0. The Hall–Kier alpha value is -2.65. The van der Waals surface area contributed by atoms with Crippen LogP contribution in [0.25, 0.3) is 22.1 Å². The van der Waals surface area contributed by atoms with Gasteiger partial charge in [0, 0.05) is 14.1 Å². The molecule has 2 aromatic heterocycles. The standard InChI is InChI=1S/C17H16N6OS2/c1-22-9-18-15-11(22)5-3-7-13(15)25-20-17(24)21-26-14-8-4-6-12-16(14)19-10-23(12)2/h3-10H,1-2H3,(H2,20,21,24). The summed E-state index contributed by atoms with van der Waals surface area (Å²) in [6.07, 6.45) is 3.52. The number of carbonyl (C=O) groups excluding carboxylic acids is 1. The SMILES string of the molecule is Cn1cnc2c(SNC(=O)NSc3cccc4c3ncn4C)cccc21. The lowest BCUT2D eigenvalue weighted by molar-refractivity contribution is 0.252. The van der Waals surface area contributed by atoms with Crippen LogP contribution in [0.3, 0.4) is 0 Å². The first-order valence-electron chi connectivity index (χ1n) is 7.83. The van der Waals surface area contributed by atoms with Crippen molar-refractivity contribution in [2.24, 2.45) is 14.1 Å². The molecule has 0 radical (unpaired) electrons. The highest BCUT2D eigenvalue weighted by atomic mass is 32.2. The van der Waals surface area contributed by atoms with Crippen molar-refractivity contribution in [1.82, 2.24) is 28.5 Å². The predicted octanol–water partition coefficient (Wildman–Crippen LogP) is 3.47. The zero-order valence-corrected chi connectivity index (χ0v) is 15.8. The maximum absolute atomic E-state index is 12.2. The van der Waals surface area contributed by atoms with E-state index in [9.17, 15) is 4.79 Å². The molecule has 2 aromatic carbocycles. The summed E-state index contributed by atoms with van der Waals surface area (Å²) >= 11 is 2.49. The van der Waals surface area contributed by atoms with Crippen molar-refractivity contribution in [3.05, 3.63) is 49.1 Å². The number of hydrogen-bond acceptors (Lipinski definition) is 5. The fourth-order valence-electron chi connectivity index (χ4n) is 2.65. The number of carbonyl (C=O) groups is 1. The van der Waals surface area contributed by atoms with E-state index in [0.717, 1.165) is 31.9 Å². The molecule has 2 heterocycles. The summed E-state index contributed by atoms with van der Waals surface area (Å²) in [5.74, 6) is 0. The topological polar surface area (TPSA) is 76.8 Å². The number of amides is 2. The summed E-state index contributed by atoms with van der Waals surface area (Å²) < 4.78 is 9.48. The normalized spacial score (nSPS) is 11.2. The van der Waals surface area contributed by atoms with Crippen molar-refractivity contribution in [3.8, 4) is 0 Å². The molecular formula is C17H16N6OS2. The average molecular weight is 384 g/mol. The Bertz CT molecular complexity index is 1020. The molecule has 0 fully saturated rings. The number of hydrogen-bond donors (Lipinski definition) is 2. The Morgan fingerprint density at radius 1 is 0.846 bits per heavy atom. The molecule has 0 atom stereocenters. The second-order valence-corrected chi connectivity index (χ2v) is 7.39. The third kappa shape index (κ3) is 3.11. The van der Waals surface area contributed by atoms with E-state index in [1.54, 1.807) is 12.7 Å². The molecule has 2 amide bonds. The number of urea groups is 1. The van der Waals surface area contributed by atoms with Crippen LogP contribution in [0.4, 0.5) is 4.79 Å². The highest BCUT2D eigenvalue weighted by molar-refractivity contribution is 7.99. The molecule has 0 unspecified atom stereocenters. The maximum Gasteiger partial charge on any atom is 0.335 e. The summed E-state index contributed by atoms with van der Waals surface area (Å²) in [5, 5.41) is 0. The second-order valence-electron chi connectivity index (χ2n) is 5.70. The van der Waals surface area contributed by atoms with Crippen LogP contribution >= 0.6 is 23.9 Å². The first-order valence-corrected chi connectivity index (χ1v) is 9.46. The van der Waals surface area contributed by atoms with Crippen LogP contribution in [-0.4, -0.2) is 25.1 Å². The highest BCUT2D eigenvalue weighted by Crippen LogP contribution is 2.26. The molecule has 0 aliphatic rings. The van der Waals surface area contributed by atoms with Crippen LogP contribution in [-0.2, 0) is 14.1 Å². The number of nitrogens with one attached hydrogen (secondary N) is 2. The van der Waals surface area contributed by atoms with Gasteiger partial charge in [-0.1, -0.05) is 12.1 Å². The Morgan fingerprint density at radius 3 is 1.77 bits per heavy atom. The fourth-order valence-corrected chi connectivity index (χ4v) is 4.02. The molecule has 0 aliphatic heterocycles. The lowest BCUT2D eigenvalue weighted by atomic mass is 10.3. The van der Waals surface area contributed by atoms with Crippen molar-refractivity contribution in [1.29, 1.82) is 0 Å². The van der Waals surface area contributed by atoms with Crippen LogP contribution < -0.4 is 9.44 Å². The lowest BCUT2D eigenvalue weighted by Gasteiger charge is -2.07. The smallest absolute Gasteiger partial charge is 0.334 e. The number of imidazole rings is 2. The number of fused-ring (bicyclic) bond motifs is 2. The molecule has 26 heavy (non-hydrogen) atoms. The van der Waals surface area contributed by atoms with Crippen LogP contribution in [0.5, 0.6) is 0 Å². The zero-order valence-electron chi connectivity index (χ0n) is 14.1. The summed E-state index contributed by atoms with van der Waals surface area (Å²) in [4.78, 5) is 22.7. The molecule has 2 N–H and O–H groups in total. The average Bonchev–Trinajstić information content (AvgIpc) is 3.22. The van der Waals surface area contributed by atoms with Crippen LogP contribution in [0.2, 0.25) is 0 Å². The fraction of sp³-hybridized carbons (Fsp3) is 0.118. The number of rotatable bonds is 4. The van der Waals surface area contributed by atoms with Crippen molar-refractivity contribution in [2.45, 2.75) is 9.79 Å². The molecule has 4 rings (SSSR count). The van der Waals surface area contributed by atoms with E-state index in [-0.39, 0.29) is 6.03 Å². The molecule has 0 aliphatic carbocycles. The molecule has 0 bridgehead atoms. The first kappa shape index (κ1) is 16.8. The van der Waals surface area contributed by atoms with Crippen LogP contribution in [0.1, 0.15) is 0 Å². The first-order chi connectivity index (χ1) is 12.6. The number of benzene rings is 2. The van der Waals surface area contributed by atoms with E-state index in [1.165, 1.54) is 23.9 Å². The Balaban J connectivity index is 1.41. The van der Waals surface area contributed by atoms with Gasteiger partial charge in [-0.2, -0.15) is 0 Å². The van der Waals surface area contributed by atoms with Gasteiger partial charge in [0.25, 0.3) is 0 Å². The van der Waals surface area contributed by atoms with Crippen LogP contribution in [0.15, 0.2) is 58.8 Å². The number of para-hydroxylation sites is 2. The van der Waals surface area contributed by atoms with Gasteiger partial charge in [0.05, 0.1) is 33.5 Å². The number of aromatic nitrogens is 4.